The van der Waals surface area contributed by atoms with Crippen LogP contribution in [0.25, 0.3) is 0 Å². The third-order valence-corrected chi connectivity index (χ3v) is 5.61. The van der Waals surface area contributed by atoms with Crippen molar-refractivity contribution in [3.05, 3.63) is 70.5 Å². The second-order valence-corrected chi connectivity index (χ2v) is 7.66. The Labute approximate surface area is 163 Å². The first-order valence-electron chi connectivity index (χ1n) is 9.14. The van der Waals surface area contributed by atoms with Crippen molar-refractivity contribution in [1.29, 1.82) is 0 Å². The molecule has 0 spiro atoms. The third-order valence-electron chi connectivity index (χ3n) is 4.75. The molecule has 0 bridgehead atoms. The number of hydrogen-bond donors (Lipinski definition) is 1. The number of thiophene rings is 1. The highest BCUT2D eigenvalue weighted by atomic mass is 32.1. The van der Waals surface area contributed by atoms with E-state index in [1.165, 1.54) is 10.4 Å². The fourth-order valence-electron chi connectivity index (χ4n) is 3.25. The number of amides is 2. The molecule has 1 aliphatic heterocycles. The maximum absolute atomic E-state index is 12.6. The maximum atomic E-state index is 12.6. The lowest BCUT2D eigenvalue weighted by Gasteiger charge is -2.34. The fraction of sp³-hybridized carbons (Fsp3) is 0.300. The highest BCUT2D eigenvalue weighted by Gasteiger charge is 2.22. The monoisotopic (exact) mass is 381 g/mol. The summed E-state index contributed by atoms with van der Waals surface area (Å²) in [7, 11) is 0. The normalized spacial score (nSPS) is 15.0. The molecule has 1 N–H and O–H groups in total. The molecule has 0 unspecified atom stereocenters. The summed E-state index contributed by atoms with van der Waals surface area (Å²) in [5.41, 5.74) is 1.31. The molecule has 7 heteroatoms. The molecule has 2 aromatic heterocycles. The number of benzene rings is 1. The van der Waals surface area contributed by atoms with Crippen molar-refractivity contribution < 1.29 is 4.79 Å². The molecule has 4 rings (SSSR count). The lowest BCUT2D eigenvalue weighted by Crippen LogP contribution is -2.49. The van der Waals surface area contributed by atoms with Crippen molar-refractivity contribution in [2.45, 2.75) is 13.1 Å². The zero-order valence-corrected chi connectivity index (χ0v) is 15.9. The van der Waals surface area contributed by atoms with E-state index < -0.39 is 0 Å². The number of aromatic nitrogens is 2. The largest absolute Gasteiger partial charge is 0.323 e. The summed E-state index contributed by atoms with van der Waals surface area (Å²) in [6, 6.07) is 16.4. The number of rotatable bonds is 5. The van der Waals surface area contributed by atoms with Crippen molar-refractivity contribution in [3.63, 3.8) is 0 Å². The van der Waals surface area contributed by atoms with Gasteiger partial charge in [0.25, 0.3) is 0 Å². The number of carbonyl (C=O) groups excluding carboxylic acids is 1. The molecular weight excluding hydrogens is 358 g/mol. The van der Waals surface area contributed by atoms with Crippen LogP contribution in [0.15, 0.2) is 60.1 Å². The molecule has 3 heterocycles. The van der Waals surface area contributed by atoms with Crippen molar-refractivity contribution in [3.8, 4) is 0 Å². The van der Waals surface area contributed by atoms with E-state index in [-0.39, 0.29) is 6.03 Å². The van der Waals surface area contributed by atoms with Crippen LogP contribution in [0.5, 0.6) is 0 Å². The van der Waals surface area contributed by atoms with Crippen molar-refractivity contribution >= 4 is 23.2 Å². The van der Waals surface area contributed by atoms with E-state index in [1.807, 2.05) is 33.2 Å². The van der Waals surface area contributed by atoms with Crippen LogP contribution in [0, 0.1) is 0 Å². The highest BCUT2D eigenvalue weighted by Crippen LogP contribution is 2.15. The minimum absolute atomic E-state index is 0.0534. The summed E-state index contributed by atoms with van der Waals surface area (Å²) in [6.45, 7) is 4.85. The SMILES string of the molecule is O=C(Nc1ccnn1Cc1cccs1)N1CCN(Cc2ccccc2)CC1. The van der Waals surface area contributed by atoms with Crippen molar-refractivity contribution in [2.75, 3.05) is 31.5 Å². The average molecular weight is 382 g/mol. The van der Waals surface area contributed by atoms with Gasteiger partial charge in [-0.1, -0.05) is 36.4 Å². The topological polar surface area (TPSA) is 53.4 Å². The zero-order valence-electron chi connectivity index (χ0n) is 15.1. The number of piperazine rings is 1. The minimum Gasteiger partial charge on any atom is -0.322 e. The Hall–Kier alpha value is -2.64. The molecule has 0 aliphatic carbocycles. The lowest BCUT2D eigenvalue weighted by atomic mass is 10.2. The number of nitrogens with one attached hydrogen (secondary N) is 1. The average Bonchev–Trinajstić information content (AvgIpc) is 3.36. The van der Waals surface area contributed by atoms with Crippen molar-refractivity contribution in [1.82, 2.24) is 19.6 Å². The molecule has 1 fully saturated rings. The Bertz CT molecular complexity index is 854. The van der Waals surface area contributed by atoms with Crippen LogP contribution < -0.4 is 5.32 Å². The van der Waals surface area contributed by atoms with E-state index in [2.05, 4.69) is 45.6 Å². The molecule has 6 nitrogen and oxygen atoms in total. The second-order valence-electron chi connectivity index (χ2n) is 6.63. The van der Waals surface area contributed by atoms with Crippen LogP contribution in [0.4, 0.5) is 10.6 Å². The van der Waals surface area contributed by atoms with Crippen LogP contribution in [-0.2, 0) is 13.1 Å². The maximum Gasteiger partial charge on any atom is 0.323 e. The molecule has 140 valence electrons. The summed E-state index contributed by atoms with van der Waals surface area (Å²) in [4.78, 5) is 18.1. The van der Waals surface area contributed by atoms with E-state index in [0.717, 1.165) is 38.5 Å². The number of urea groups is 1. The van der Waals surface area contributed by atoms with E-state index in [4.69, 9.17) is 0 Å². The first-order valence-corrected chi connectivity index (χ1v) is 10.0. The Morgan fingerprint density at radius 2 is 1.81 bits per heavy atom. The zero-order chi connectivity index (χ0) is 18.5. The molecule has 0 atom stereocenters. The Morgan fingerprint density at radius 1 is 1.00 bits per heavy atom. The summed E-state index contributed by atoms with van der Waals surface area (Å²) in [5, 5.41) is 9.39. The van der Waals surface area contributed by atoms with Gasteiger partial charge in [0.2, 0.25) is 0 Å². The lowest BCUT2D eigenvalue weighted by molar-refractivity contribution is 0.143. The van der Waals surface area contributed by atoms with Crippen LogP contribution in [0.2, 0.25) is 0 Å². The minimum atomic E-state index is -0.0534. The van der Waals surface area contributed by atoms with Gasteiger partial charge in [-0.3, -0.25) is 10.2 Å². The van der Waals surface area contributed by atoms with Gasteiger partial charge in [0.15, 0.2) is 0 Å². The first kappa shape index (κ1) is 17.8. The van der Waals surface area contributed by atoms with Gasteiger partial charge in [0.05, 0.1) is 12.7 Å². The Balaban J connectivity index is 1.29. The molecular formula is C20H23N5OS. The Morgan fingerprint density at radius 3 is 2.56 bits per heavy atom. The standard InChI is InChI=1S/C20H23N5OS/c26-20(22-19-8-9-21-25(19)16-18-7-4-14-27-18)24-12-10-23(11-13-24)15-17-5-2-1-3-6-17/h1-9,14H,10-13,15-16H2,(H,22,26). The van der Waals surface area contributed by atoms with E-state index in [1.54, 1.807) is 17.5 Å². The van der Waals surface area contributed by atoms with Gasteiger partial charge in [-0.05, 0) is 17.0 Å². The van der Waals surface area contributed by atoms with Crippen LogP contribution >= 0.6 is 11.3 Å². The van der Waals surface area contributed by atoms with Gasteiger partial charge in [0, 0.05) is 43.7 Å². The quantitative estimate of drug-likeness (QED) is 0.737. The summed E-state index contributed by atoms with van der Waals surface area (Å²) in [5.74, 6) is 0.736. The number of hydrogen-bond acceptors (Lipinski definition) is 4. The molecule has 1 saturated heterocycles. The molecule has 3 aromatic rings. The van der Waals surface area contributed by atoms with E-state index in [9.17, 15) is 4.79 Å². The predicted molar refractivity (Wildman–Crippen MR) is 108 cm³/mol. The van der Waals surface area contributed by atoms with Crippen molar-refractivity contribution in [2.24, 2.45) is 0 Å². The molecule has 1 aliphatic rings. The van der Waals surface area contributed by atoms with Gasteiger partial charge in [0.1, 0.15) is 5.82 Å². The number of nitrogens with zero attached hydrogens (tertiary/aromatic N) is 4. The van der Waals surface area contributed by atoms with Crippen LogP contribution in [0.1, 0.15) is 10.4 Å². The smallest absolute Gasteiger partial charge is 0.322 e. The molecule has 0 saturated carbocycles. The van der Waals surface area contributed by atoms with Gasteiger partial charge >= 0.3 is 6.03 Å². The van der Waals surface area contributed by atoms with Crippen LogP contribution in [0.3, 0.4) is 0 Å². The van der Waals surface area contributed by atoms with Crippen LogP contribution in [-0.4, -0.2) is 51.8 Å². The first-order chi connectivity index (χ1) is 13.3. The third kappa shape index (κ3) is 4.56. The van der Waals surface area contributed by atoms with Gasteiger partial charge in [-0.2, -0.15) is 5.10 Å². The number of anilines is 1. The second kappa shape index (κ2) is 8.37. The molecule has 27 heavy (non-hydrogen) atoms. The van der Waals surface area contributed by atoms with E-state index in [0.29, 0.717) is 6.54 Å². The number of carbonyl (C=O) groups is 1. The summed E-state index contributed by atoms with van der Waals surface area (Å²) >= 11 is 1.69. The predicted octanol–water partition coefficient (Wildman–Crippen LogP) is 3.34. The fourth-order valence-corrected chi connectivity index (χ4v) is 3.94. The molecule has 0 radical (unpaired) electrons. The van der Waals surface area contributed by atoms with Gasteiger partial charge < -0.3 is 4.90 Å². The van der Waals surface area contributed by atoms with Gasteiger partial charge in [-0.25, -0.2) is 9.48 Å². The van der Waals surface area contributed by atoms with Gasteiger partial charge in [-0.15, -0.1) is 11.3 Å². The summed E-state index contributed by atoms with van der Waals surface area (Å²) in [6.07, 6.45) is 1.72. The molecule has 1 aromatic carbocycles. The molecule has 2 amide bonds. The summed E-state index contributed by atoms with van der Waals surface area (Å²) < 4.78 is 1.83. The Kier molecular flexibility index (Phi) is 5.50. The van der Waals surface area contributed by atoms with E-state index >= 15 is 0 Å². The highest BCUT2D eigenvalue weighted by molar-refractivity contribution is 7.09.